The van der Waals surface area contributed by atoms with Gasteiger partial charge in [-0.3, -0.25) is 0 Å². The quantitative estimate of drug-likeness (QED) is 0.618. The molecule has 0 heterocycles. The van der Waals surface area contributed by atoms with Crippen LogP contribution in [0.4, 0.5) is 0 Å². The Balaban J connectivity index is 2.59. The molecule has 1 aliphatic carbocycles. The van der Waals surface area contributed by atoms with E-state index >= 15 is 0 Å². The summed E-state index contributed by atoms with van der Waals surface area (Å²) in [5.74, 6) is 0. The van der Waals surface area contributed by atoms with Crippen molar-refractivity contribution in [1.29, 1.82) is 0 Å². The minimum absolute atomic E-state index is 0.316. The summed E-state index contributed by atoms with van der Waals surface area (Å²) in [7, 11) is 4.26. The molecule has 0 aliphatic heterocycles. The monoisotopic (exact) mass is 142 g/mol. The Kier molecular flexibility index (Phi) is 2.02. The summed E-state index contributed by atoms with van der Waals surface area (Å²) in [6.07, 6.45) is 3.90. The molecule has 0 amide bonds. The fourth-order valence-corrected chi connectivity index (χ4v) is 1.85. The maximum absolute atomic E-state index is 5.89. The van der Waals surface area contributed by atoms with Crippen LogP contribution in [-0.2, 0) is 0 Å². The second kappa shape index (κ2) is 2.51. The van der Waals surface area contributed by atoms with Gasteiger partial charge in [0.1, 0.15) is 0 Å². The minimum Gasteiger partial charge on any atom is -0.326 e. The Morgan fingerprint density at radius 2 is 1.90 bits per heavy atom. The van der Waals surface area contributed by atoms with Gasteiger partial charge in [-0.05, 0) is 40.3 Å². The van der Waals surface area contributed by atoms with Crippen molar-refractivity contribution in [1.82, 2.24) is 4.90 Å². The summed E-state index contributed by atoms with van der Waals surface area (Å²) in [5, 5.41) is 0. The predicted molar refractivity (Wildman–Crippen MR) is 43.9 cm³/mol. The summed E-state index contributed by atoms with van der Waals surface area (Å²) in [4.78, 5) is 2.28. The zero-order chi connectivity index (χ0) is 7.78. The highest BCUT2D eigenvalue weighted by atomic mass is 15.2. The van der Waals surface area contributed by atoms with Crippen molar-refractivity contribution < 1.29 is 0 Å². The first-order valence-corrected chi connectivity index (χ1v) is 4.02. The smallest absolute Gasteiger partial charge is 0.0351 e. The van der Waals surface area contributed by atoms with Crippen LogP contribution in [0.25, 0.3) is 0 Å². The van der Waals surface area contributed by atoms with Gasteiger partial charge in [0.15, 0.2) is 0 Å². The Hall–Kier alpha value is -0.0800. The van der Waals surface area contributed by atoms with Crippen molar-refractivity contribution in [3.8, 4) is 0 Å². The lowest BCUT2D eigenvalue weighted by Gasteiger charge is -2.50. The number of likely N-dealkylation sites (N-methyl/N-ethyl adjacent to an activating group) is 1. The third-order valence-corrected chi connectivity index (χ3v) is 2.96. The summed E-state index contributed by atoms with van der Waals surface area (Å²) in [6, 6.07) is 0.316. The first kappa shape index (κ1) is 8.02. The van der Waals surface area contributed by atoms with Crippen LogP contribution < -0.4 is 5.73 Å². The van der Waals surface area contributed by atoms with E-state index in [1.807, 2.05) is 0 Å². The van der Waals surface area contributed by atoms with Crippen molar-refractivity contribution in [3.05, 3.63) is 0 Å². The third kappa shape index (κ3) is 0.956. The summed E-state index contributed by atoms with van der Waals surface area (Å²) in [6.45, 7) is 2.11. The number of nitrogens with two attached hydrogens (primary N) is 1. The van der Waals surface area contributed by atoms with Crippen LogP contribution in [0.5, 0.6) is 0 Å². The Labute approximate surface area is 63.4 Å². The van der Waals surface area contributed by atoms with Gasteiger partial charge < -0.3 is 10.6 Å². The fourth-order valence-electron chi connectivity index (χ4n) is 1.85. The molecule has 0 aromatic heterocycles. The predicted octanol–water partition coefficient (Wildman–Crippen LogP) is 0.818. The summed E-state index contributed by atoms with van der Waals surface area (Å²) < 4.78 is 0. The van der Waals surface area contributed by atoms with Gasteiger partial charge in [-0.15, -0.1) is 0 Å². The molecule has 1 saturated carbocycles. The first-order chi connectivity index (χ1) is 4.59. The molecule has 0 spiro atoms. The van der Waals surface area contributed by atoms with E-state index in [0.717, 1.165) is 0 Å². The molecule has 0 aromatic carbocycles. The van der Waals surface area contributed by atoms with E-state index in [1.54, 1.807) is 0 Å². The second-order valence-corrected chi connectivity index (χ2v) is 3.64. The lowest BCUT2D eigenvalue weighted by atomic mass is 9.71. The van der Waals surface area contributed by atoms with Gasteiger partial charge in [-0.2, -0.15) is 0 Å². The number of rotatable bonds is 2. The number of nitrogens with zero attached hydrogens (tertiary/aromatic N) is 1. The second-order valence-electron chi connectivity index (χ2n) is 3.64. The van der Waals surface area contributed by atoms with Crippen molar-refractivity contribution >= 4 is 0 Å². The van der Waals surface area contributed by atoms with Crippen LogP contribution in [-0.4, -0.2) is 30.6 Å². The van der Waals surface area contributed by atoms with Crippen LogP contribution in [0.3, 0.4) is 0 Å². The van der Waals surface area contributed by atoms with Gasteiger partial charge in [-0.1, -0.05) is 0 Å². The molecule has 0 bridgehead atoms. The minimum atomic E-state index is 0.316. The maximum Gasteiger partial charge on any atom is 0.0351 e. The van der Waals surface area contributed by atoms with Crippen LogP contribution in [0.2, 0.25) is 0 Å². The van der Waals surface area contributed by atoms with Crippen LogP contribution in [0, 0.1) is 0 Å². The van der Waals surface area contributed by atoms with Gasteiger partial charge in [0.2, 0.25) is 0 Å². The average molecular weight is 142 g/mol. The average Bonchev–Trinajstić information content (AvgIpc) is 1.57. The molecule has 2 N–H and O–H groups in total. The zero-order valence-electron chi connectivity index (χ0n) is 7.22. The molecule has 1 unspecified atom stereocenters. The highest BCUT2D eigenvalue weighted by Crippen LogP contribution is 2.37. The van der Waals surface area contributed by atoms with Crippen molar-refractivity contribution in [2.45, 2.75) is 37.8 Å². The van der Waals surface area contributed by atoms with Crippen molar-refractivity contribution in [2.24, 2.45) is 5.73 Å². The Morgan fingerprint density at radius 3 is 1.90 bits per heavy atom. The van der Waals surface area contributed by atoms with Crippen LogP contribution in [0.1, 0.15) is 26.2 Å². The zero-order valence-corrected chi connectivity index (χ0v) is 7.22. The van der Waals surface area contributed by atoms with E-state index in [4.69, 9.17) is 5.73 Å². The first-order valence-electron chi connectivity index (χ1n) is 4.02. The lowest BCUT2D eigenvalue weighted by molar-refractivity contribution is 0.0394. The van der Waals surface area contributed by atoms with E-state index < -0.39 is 0 Å². The number of hydrogen-bond donors (Lipinski definition) is 1. The van der Waals surface area contributed by atoms with Gasteiger partial charge in [0.05, 0.1) is 0 Å². The summed E-state index contributed by atoms with van der Waals surface area (Å²) >= 11 is 0. The lowest BCUT2D eigenvalue weighted by Crippen LogP contribution is -2.60. The highest BCUT2D eigenvalue weighted by molar-refractivity contribution is 5.01. The topological polar surface area (TPSA) is 29.3 Å². The highest BCUT2D eigenvalue weighted by Gasteiger charge is 2.41. The Morgan fingerprint density at radius 1 is 1.40 bits per heavy atom. The van der Waals surface area contributed by atoms with Gasteiger partial charge in [-0.25, -0.2) is 0 Å². The molecule has 1 aliphatic rings. The SMILES string of the molecule is CC(N)C1(N(C)C)CCC1. The molecule has 1 atom stereocenters. The van der Waals surface area contributed by atoms with Gasteiger partial charge in [0, 0.05) is 11.6 Å². The Bertz CT molecular complexity index is 104. The molecule has 0 saturated heterocycles. The molecular formula is C8H18N2. The largest absolute Gasteiger partial charge is 0.326 e. The van der Waals surface area contributed by atoms with Crippen molar-refractivity contribution in [2.75, 3.05) is 14.1 Å². The molecule has 10 heavy (non-hydrogen) atoms. The fraction of sp³-hybridized carbons (Fsp3) is 1.00. The molecule has 2 nitrogen and oxygen atoms in total. The van der Waals surface area contributed by atoms with E-state index in [2.05, 4.69) is 25.9 Å². The van der Waals surface area contributed by atoms with E-state index in [-0.39, 0.29) is 0 Å². The third-order valence-electron chi connectivity index (χ3n) is 2.96. The van der Waals surface area contributed by atoms with Crippen molar-refractivity contribution in [3.63, 3.8) is 0 Å². The molecule has 1 rings (SSSR count). The molecular weight excluding hydrogens is 124 g/mol. The molecule has 0 aromatic rings. The van der Waals surface area contributed by atoms with Crippen LogP contribution >= 0.6 is 0 Å². The number of hydrogen-bond acceptors (Lipinski definition) is 2. The molecule has 60 valence electrons. The summed E-state index contributed by atoms with van der Waals surface area (Å²) in [5.41, 5.74) is 6.23. The maximum atomic E-state index is 5.89. The standard InChI is InChI=1S/C8H18N2/c1-7(9)8(10(2)3)5-4-6-8/h7H,4-6,9H2,1-3H3. The normalized spacial score (nSPS) is 26.1. The van der Waals surface area contributed by atoms with Gasteiger partial charge >= 0.3 is 0 Å². The van der Waals surface area contributed by atoms with E-state index in [9.17, 15) is 0 Å². The van der Waals surface area contributed by atoms with E-state index in [0.29, 0.717) is 11.6 Å². The van der Waals surface area contributed by atoms with Gasteiger partial charge in [0.25, 0.3) is 0 Å². The van der Waals surface area contributed by atoms with E-state index in [1.165, 1.54) is 19.3 Å². The van der Waals surface area contributed by atoms with Crippen LogP contribution in [0.15, 0.2) is 0 Å². The molecule has 2 heteroatoms. The molecule has 0 radical (unpaired) electrons. The molecule has 1 fully saturated rings.